The molecule has 1 aliphatic carbocycles. The first-order valence-corrected chi connectivity index (χ1v) is 7.66. The van der Waals surface area contributed by atoms with Crippen molar-refractivity contribution >= 4 is 29.6 Å². The van der Waals surface area contributed by atoms with Crippen LogP contribution in [0, 0.1) is 6.92 Å². The number of halogens is 1. The Morgan fingerprint density at radius 3 is 2.50 bits per heavy atom. The lowest BCUT2D eigenvalue weighted by Gasteiger charge is -2.33. The maximum absolute atomic E-state index is 12.1. The summed E-state index contributed by atoms with van der Waals surface area (Å²) in [5.74, 6) is -1.40. The number of aromatic nitrogens is 2. The highest BCUT2D eigenvalue weighted by molar-refractivity contribution is 6.31. The van der Waals surface area contributed by atoms with E-state index in [9.17, 15) is 14.7 Å². The summed E-state index contributed by atoms with van der Waals surface area (Å²) >= 11 is 6.09. The number of rotatable bonds is 4. The van der Waals surface area contributed by atoms with Gasteiger partial charge in [0.2, 0.25) is 5.91 Å². The lowest BCUT2D eigenvalue weighted by atomic mass is 9.81. The fourth-order valence-electron chi connectivity index (χ4n) is 2.82. The number of aryl methyl sites for hydroxylation is 2. The molecule has 1 saturated carbocycles. The number of aliphatic carboxylic acids is 1. The van der Waals surface area contributed by atoms with E-state index in [1.54, 1.807) is 20.0 Å². The van der Waals surface area contributed by atoms with E-state index in [-0.39, 0.29) is 0 Å². The Morgan fingerprint density at radius 2 is 2.00 bits per heavy atom. The third-order valence-electron chi connectivity index (χ3n) is 4.08. The predicted octanol–water partition coefficient (Wildman–Crippen LogP) is 2.30. The summed E-state index contributed by atoms with van der Waals surface area (Å²) in [5, 5.41) is 16.7. The molecule has 0 aliphatic heterocycles. The van der Waals surface area contributed by atoms with Crippen LogP contribution in [0.5, 0.6) is 0 Å². The highest BCUT2D eigenvalue weighted by Gasteiger charge is 2.40. The molecule has 2 N–H and O–H groups in total. The fraction of sp³-hybridized carbons (Fsp3) is 0.533. The summed E-state index contributed by atoms with van der Waals surface area (Å²) in [6.45, 7) is 1.79. The first kappa shape index (κ1) is 16.5. The zero-order valence-corrected chi connectivity index (χ0v) is 13.5. The largest absolute Gasteiger partial charge is 0.480 e. The van der Waals surface area contributed by atoms with Crippen molar-refractivity contribution in [3.05, 3.63) is 22.5 Å². The van der Waals surface area contributed by atoms with Crippen LogP contribution in [-0.2, 0) is 16.6 Å². The molecule has 6 nitrogen and oxygen atoms in total. The van der Waals surface area contributed by atoms with Gasteiger partial charge in [-0.2, -0.15) is 5.10 Å². The van der Waals surface area contributed by atoms with Gasteiger partial charge in [0.05, 0.1) is 5.69 Å². The van der Waals surface area contributed by atoms with Crippen molar-refractivity contribution in [3.8, 4) is 0 Å². The van der Waals surface area contributed by atoms with E-state index < -0.39 is 17.4 Å². The molecule has 1 fully saturated rings. The van der Waals surface area contributed by atoms with Gasteiger partial charge in [0.1, 0.15) is 10.7 Å². The topological polar surface area (TPSA) is 84.2 Å². The summed E-state index contributed by atoms with van der Waals surface area (Å²) in [5.41, 5.74) is 0.225. The third kappa shape index (κ3) is 3.32. The average molecular weight is 326 g/mol. The average Bonchev–Trinajstić information content (AvgIpc) is 2.71. The predicted molar refractivity (Wildman–Crippen MR) is 83.6 cm³/mol. The summed E-state index contributed by atoms with van der Waals surface area (Å²) in [4.78, 5) is 23.6. The van der Waals surface area contributed by atoms with Crippen molar-refractivity contribution in [2.75, 3.05) is 0 Å². The second kappa shape index (κ2) is 6.52. The number of hydrogen-bond acceptors (Lipinski definition) is 3. The van der Waals surface area contributed by atoms with Gasteiger partial charge in [-0.25, -0.2) is 4.79 Å². The van der Waals surface area contributed by atoms with Gasteiger partial charge in [0, 0.05) is 18.7 Å². The summed E-state index contributed by atoms with van der Waals surface area (Å²) < 4.78 is 1.52. The molecule has 0 unspecified atom stereocenters. The molecule has 0 atom stereocenters. The SMILES string of the molecule is Cc1nn(C)c(Cl)c1/C=C/C(=O)NC1(C(=O)O)CCCCC1. The van der Waals surface area contributed by atoms with E-state index in [0.29, 0.717) is 29.3 Å². The number of carboxylic acid groups (broad SMARTS) is 1. The van der Waals surface area contributed by atoms with Crippen LogP contribution in [0.25, 0.3) is 6.08 Å². The van der Waals surface area contributed by atoms with Crippen molar-refractivity contribution in [1.29, 1.82) is 0 Å². The van der Waals surface area contributed by atoms with E-state index >= 15 is 0 Å². The molecule has 1 heterocycles. The lowest BCUT2D eigenvalue weighted by Crippen LogP contribution is -2.55. The minimum atomic E-state index is -1.15. The van der Waals surface area contributed by atoms with Crippen LogP contribution >= 0.6 is 11.6 Å². The quantitative estimate of drug-likeness (QED) is 0.832. The molecule has 0 spiro atoms. The molecule has 0 radical (unpaired) electrons. The van der Waals surface area contributed by atoms with E-state index in [2.05, 4.69) is 10.4 Å². The molecular weight excluding hydrogens is 306 g/mol. The van der Waals surface area contributed by atoms with Crippen LogP contribution in [0.4, 0.5) is 0 Å². The third-order valence-corrected chi connectivity index (χ3v) is 4.52. The molecule has 120 valence electrons. The number of nitrogens with zero attached hydrogens (tertiary/aromatic N) is 2. The van der Waals surface area contributed by atoms with Gasteiger partial charge in [0.15, 0.2) is 0 Å². The number of hydrogen-bond donors (Lipinski definition) is 2. The molecule has 1 aliphatic rings. The Balaban J connectivity index is 2.11. The smallest absolute Gasteiger partial charge is 0.329 e. The van der Waals surface area contributed by atoms with Gasteiger partial charge in [0.25, 0.3) is 0 Å². The van der Waals surface area contributed by atoms with Crippen molar-refractivity contribution in [1.82, 2.24) is 15.1 Å². The first-order valence-electron chi connectivity index (χ1n) is 7.28. The van der Waals surface area contributed by atoms with Gasteiger partial charge >= 0.3 is 5.97 Å². The van der Waals surface area contributed by atoms with Crippen LogP contribution in [0.1, 0.15) is 43.4 Å². The number of nitrogens with one attached hydrogen (secondary N) is 1. The fourth-order valence-corrected chi connectivity index (χ4v) is 3.06. The Morgan fingerprint density at radius 1 is 1.36 bits per heavy atom. The molecule has 0 saturated heterocycles. The summed E-state index contributed by atoms with van der Waals surface area (Å²) in [6.07, 6.45) is 6.44. The maximum Gasteiger partial charge on any atom is 0.329 e. The van der Waals surface area contributed by atoms with Crippen LogP contribution in [0.15, 0.2) is 6.08 Å². The maximum atomic E-state index is 12.1. The van der Waals surface area contributed by atoms with Crippen LogP contribution in [0.2, 0.25) is 5.15 Å². The number of carboxylic acids is 1. The van der Waals surface area contributed by atoms with Crippen LogP contribution < -0.4 is 5.32 Å². The van der Waals surface area contributed by atoms with E-state index in [4.69, 9.17) is 11.6 Å². The van der Waals surface area contributed by atoms with E-state index in [0.717, 1.165) is 19.3 Å². The van der Waals surface area contributed by atoms with Crippen molar-refractivity contribution < 1.29 is 14.7 Å². The Kier molecular flexibility index (Phi) is 4.90. The van der Waals surface area contributed by atoms with Gasteiger partial charge in [-0.15, -0.1) is 0 Å². The molecule has 0 bridgehead atoms. The van der Waals surface area contributed by atoms with Crippen LogP contribution in [-0.4, -0.2) is 32.3 Å². The molecule has 2 rings (SSSR count). The minimum Gasteiger partial charge on any atom is -0.480 e. The first-order chi connectivity index (χ1) is 10.4. The Bertz CT molecular complexity index is 616. The van der Waals surface area contributed by atoms with Crippen molar-refractivity contribution in [2.24, 2.45) is 7.05 Å². The van der Waals surface area contributed by atoms with E-state index in [1.807, 2.05) is 0 Å². The standard InChI is InChI=1S/C15H20ClN3O3/c1-10-11(13(16)19(2)18-10)6-7-12(20)17-15(14(21)22)8-4-3-5-9-15/h6-7H,3-5,8-9H2,1-2H3,(H,17,20)(H,21,22)/b7-6+. The van der Waals surface area contributed by atoms with Gasteiger partial charge < -0.3 is 10.4 Å². The molecule has 0 aromatic carbocycles. The normalized spacial score (nSPS) is 17.6. The molecule has 7 heteroatoms. The number of carbonyl (C=O) groups excluding carboxylic acids is 1. The molecule has 1 aromatic rings. The highest BCUT2D eigenvalue weighted by atomic mass is 35.5. The Labute approximate surface area is 134 Å². The van der Waals surface area contributed by atoms with Gasteiger partial charge in [-0.1, -0.05) is 30.9 Å². The lowest BCUT2D eigenvalue weighted by molar-refractivity contribution is -0.148. The molecule has 1 aromatic heterocycles. The van der Waals surface area contributed by atoms with Crippen molar-refractivity contribution in [3.63, 3.8) is 0 Å². The monoisotopic (exact) mass is 325 g/mol. The second-order valence-corrected chi connectivity index (χ2v) is 6.04. The van der Waals surface area contributed by atoms with E-state index in [1.165, 1.54) is 10.8 Å². The minimum absolute atomic E-state index is 0.427. The van der Waals surface area contributed by atoms with Gasteiger partial charge in [-0.05, 0) is 25.8 Å². The second-order valence-electron chi connectivity index (χ2n) is 5.68. The Hall–Kier alpha value is -1.82. The zero-order chi connectivity index (χ0) is 16.3. The van der Waals surface area contributed by atoms with Crippen molar-refractivity contribution in [2.45, 2.75) is 44.6 Å². The highest BCUT2D eigenvalue weighted by Crippen LogP contribution is 2.28. The zero-order valence-electron chi connectivity index (χ0n) is 12.7. The van der Waals surface area contributed by atoms with Crippen LogP contribution in [0.3, 0.4) is 0 Å². The molecular formula is C15H20ClN3O3. The summed E-state index contributed by atoms with van der Waals surface area (Å²) in [7, 11) is 1.72. The summed E-state index contributed by atoms with van der Waals surface area (Å²) in [6, 6.07) is 0. The molecule has 22 heavy (non-hydrogen) atoms. The number of carbonyl (C=O) groups is 2. The molecule has 1 amide bonds. The number of amides is 1. The van der Waals surface area contributed by atoms with Gasteiger partial charge in [-0.3, -0.25) is 9.48 Å².